The summed E-state index contributed by atoms with van der Waals surface area (Å²) >= 11 is 7.06. The number of hydrogen-bond acceptors (Lipinski definition) is 2. The van der Waals surface area contributed by atoms with E-state index in [2.05, 4.69) is 43.9 Å². The van der Waals surface area contributed by atoms with Gasteiger partial charge in [0.2, 0.25) is 0 Å². The summed E-state index contributed by atoms with van der Waals surface area (Å²) < 4.78 is 3.84. The Morgan fingerprint density at radius 1 is 1.30 bits per heavy atom. The highest BCUT2D eigenvalue weighted by molar-refractivity contribution is 9.10. The maximum atomic E-state index is 10.5. The van der Waals surface area contributed by atoms with Crippen LogP contribution < -0.4 is 0 Å². The SMILES string of the molecule is CCc1nn(C)c(CC(O)c2cc(C)cc(Br)c2)c1Br. The lowest BCUT2D eigenvalue weighted by Crippen LogP contribution is -2.07. The van der Waals surface area contributed by atoms with Gasteiger partial charge in [0.15, 0.2) is 0 Å². The zero-order valence-corrected chi connectivity index (χ0v) is 15.0. The van der Waals surface area contributed by atoms with Crippen LogP contribution in [0.25, 0.3) is 0 Å². The van der Waals surface area contributed by atoms with Gasteiger partial charge in [0.05, 0.1) is 22.0 Å². The van der Waals surface area contributed by atoms with Gasteiger partial charge in [0.25, 0.3) is 0 Å². The molecule has 1 atom stereocenters. The predicted molar refractivity (Wildman–Crippen MR) is 87.8 cm³/mol. The molecule has 1 unspecified atom stereocenters. The Balaban J connectivity index is 2.27. The Kier molecular flexibility index (Phi) is 5.04. The lowest BCUT2D eigenvalue weighted by molar-refractivity contribution is 0.175. The van der Waals surface area contributed by atoms with Crippen molar-refractivity contribution in [1.82, 2.24) is 9.78 Å². The van der Waals surface area contributed by atoms with Crippen LogP contribution in [-0.4, -0.2) is 14.9 Å². The molecule has 1 aromatic heterocycles. The quantitative estimate of drug-likeness (QED) is 0.837. The molecule has 2 rings (SSSR count). The van der Waals surface area contributed by atoms with Crippen LogP contribution in [-0.2, 0) is 19.9 Å². The first-order valence-corrected chi connectivity index (χ1v) is 8.16. The lowest BCUT2D eigenvalue weighted by Gasteiger charge is -2.13. The summed E-state index contributed by atoms with van der Waals surface area (Å²) in [6, 6.07) is 6.01. The van der Waals surface area contributed by atoms with Gasteiger partial charge < -0.3 is 5.11 Å². The van der Waals surface area contributed by atoms with Crippen molar-refractivity contribution >= 4 is 31.9 Å². The van der Waals surface area contributed by atoms with Crippen LogP contribution in [0, 0.1) is 6.92 Å². The topological polar surface area (TPSA) is 38.0 Å². The van der Waals surface area contributed by atoms with Gasteiger partial charge in [0, 0.05) is 17.9 Å². The molecular weight excluding hydrogens is 384 g/mol. The van der Waals surface area contributed by atoms with Crippen molar-refractivity contribution in [2.75, 3.05) is 0 Å². The summed E-state index contributed by atoms with van der Waals surface area (Å²) in [7, 11) is 1.91. The summed E-state index contributed by atoms with van der Waals surface area (Å²) in [5.74, 6) is 0. The number of halogens is 2. The summed E-state index contributed by atoms with van der Waals surface area (Å²) in [5.41, 5.74) is 4.10. The highest BCUT2D eigenvalue weighted by Crippen LogP contribution is 2.28. The molecular formula is C15H18Br2N2O. The minimum atomic E-state index is -0.539. The number of hydrogen-bond donors (Lipinski definition) is 1. The molecule has 20 heavy (non-hydrogen) atoms. The van der Waals surface area contributed by atoms with Crippen molar-refractivity contribution in [3.05, 3.63) is 49.7 Å². The number of aliphatic hydroxyl groups is 1. The van der Waals surface area contributed by atoms with Gasteiger partial charge in [-0.15, -0.1) is 0 Å². The van der Waals surface area contributed by atoms with Crippen molar-refractivity contribution < 1.29 is 5.11 Å². The summed E-state index contributed by atoms with van der Waals surface area (Å²) in [6.45, 7) is 4.10. The molecule has 0 aliphatic heterocycles. The molecule has 0 radical (unpaired) electrons. The average molecular weight is 402 g/mol. The van der Waals surface area contributed by atoms with Gasteiger partial charge in [-0.2, -0.15) is 5.10 Å². The molecule has 0 amide bonds. The average Bonchev–Trinajstić information content (AvgIpc) is 2.65. The zero-order chi connectivity index (χ0) is 14.9. The minimum absolute atomic E-state index is 0.539. The highest BCUT2D eigenvalue weighted by Gasteiger charge is 2.17. The number of rotatable bonds is 4. The lowest BCUT2D eigenvalue weighted by atomic mass is 10.0. The Bertz CT molecular complexity index is 602. The molecule has 2 aromatic rings. The van der Waals surface area contributed by atoms with Gasteiger partial charge in [0.1, 0.15) is 0 Å². The van der Waals surface area contributed by atoms with E-state index in [0.717, 1.165) is 37.9 Å². The molecule has 0 saturated heterocycles. The van der Waals surface area contributed by atoms with Crippen LogP contribution in [0.15, 0.2) is 27.1 Å². The minimum Gasteiger partial charge on any atom is -0.388 e. The third-order valence-electron chi connectivity index (χ3n) is 3.34. The number of nitrogens with zero attached hydrogens (tertiary/aromatic N) is 2. The molecule has 0 saturated carbocycles. The van der Waals surface area contributed by atoms with E-state index < -0.39 is 6.10 Å². The maximum absolute atomic E-state index is 10.5. The fraction of sp³-hybridized carbons (Fsp3) is 0.400. The standard InChI is InChI=1S/C15H18Br2N2O/c1-4-12-15(17)13(19(3)18-12)8-14(20)10-5-9(2)6-11(16)7-10/h5-7,14,20H,4,8H2,1-3H3. The monoisotopic (exact) mass is 400 g/mol. The molecule has 0 bridgehead atoms. The van der Waals surface area contributed by atoms with Crippen molar-refractivity contribution in [1.29, 1.82) is 0 Å². The second-order valence-electron chi connectivity index (χ2n) is 4.97. The first-order chi connectivity index (χ1) is 9.42. The Morgan fingerprint density at radius 2 is 2.00 bits per heavy atom. The Labute approximate surface area is 136 Å². The van der Waals surface area contributed by atoms with E-state index >= 15 is 0 Å². The molecule has 0 fully saturated rings. The first-order valence-electron chi connectivity index (χ1n) is 6.57. The van der Waals surface area contributed by atoms with E-state index in [-0.39, 0.29) is 0 Å². The Hall–Kier alpha value is -0.650. The van der Waals surface area contributed by atoms with Gasteiger partial charge >= 0.3 is 0 Å². The number of benzene rings is 1. The zero-order valence-electron chi connectivity index (χ0n) is 11.8. The Morgan fingerprint density at radius 3 is 2.55 bits per heavy atom. The first kappa shape index (κ1) is 15.7. The van der Waals surface area contributed by atoms with Crippen molar-refractivity contribution in [3.8, 4) is 0 Å². The van der Waals surface area contributed by atoms with Crippen LogP contribution in [0.5, 0.6) is 0 Å². The molecule has 3 nitrogen and oxygen atoms in total. The van der Waals surface area contributed by atoms with Crippen molar-refractivity contribution in [2.45, 2.75) is 32.8 Å². The fourth-order valence-corrected chi connectivity index (χ4v) is 3.70. The second-order valence-corrected chi connectivity index (χ2v) is 6.68. The van der Waals surface area contributed by atoms with Gasteiger partial charge in [-0.1, -0.05) is 28.9 Å². The van der Waals surface area contributed by atoms with Crippen LogP contribution >= 0.6 is 31.9 Å². The molecule has 1 N–H and O–H groups in total. The predicted octanol–water partition coefficient (Wildman–Crippen LogP) is 4.09. The molecule has 5 heteroatoms. The largest absolute Gasteiger partial charge is 0.388 e. The van der Waals surface area contributed by atoms with Crippen molar-refractivity contribution in [3.63, 3.8) is 0 Å². The third kappa shape index (κ3) is 3.32. The van der Waals surface area contributed by atoms with Crippen LogP contribution in [0.4, 0.5) is 0 Å². The van der Waals surface area contributed by atoms with Crippen LogP contribution in [0.1, 0.15) is 35.5 Å². The van der Waals surface area contributed by atoms with Crippen LogP contribution in [0.2, 0.25) is 0 Å². The summed E-state index contributed by atoms with van der Waals surface area (Å²) in [4.78, 5) is 0. The van der Waals surface area contributed by atoms with Gasteiger partial charge in [-0.05, 0) is 52.5 Å². The van der Waals surface area contributed by atoms with Crippen molar-refractivity contribution in [2.24, 2.45) is 7.05 Å². The fourth-order valence-electron chi connectivity index (χ4n) is 2.30. The number of aliphatic hydroxyl groups excluding tert-OH is 1. The molecule has 1 aromatic carbocycles. The molecule has 0 spiro atoms. The normalized spacial score (nSPS) is 12.7. The summed E-state index contributed by atoms with van der Waals surface area (Å²) in [6.07, 6.45) is 0.878. The molecule has 108 valence electrons. The van der Waals surface area contributed by atoms with Gasteiger partial charge in [-0.25, -0.2) is 0 Å². The third-order valence-corrected chi connectivity index (χ3v) is 4.71. The number of aromatic nitrogens is 2. The van der Waals surface area contributed by atoms with Crippen LogP contribution in [0.3, 0.4) is 0 Å². The molecule has 1 heterocycles. The summed E-state index contributed by atoms with van der Waals surface area (Å²) in [5, 5.41) is 14.9. The number of aryl methyl sites for hydroxylation is 3. The maximum Gasteiger partial charge on any atom is 0.0846 e. The highest BCUT2D eigenvalue weighted by atomic mass is 79.9. The smallest absolute Gasteiger partial charge is 0.0846 e. The van der Waals surface area contributed by atoms with E-state index in [1.165, 1.54) is 0 Å². The van der Waals surface area contributed by atoms with Gasteiger partial charge in [-0.3, -0.25) is 4.68 Å². The second kappa shape index (κ2) is 6.41. The van der Waals surface area contributed by atoms with E-state index in [1.54, 1.807) is 0 Å². The van der Waals surface area contributed by atoms with E-state index in [0.29, 0.717) is 6.42 Å². The molecule has 0 aliphatic carbocycles. The van der Waals surface area contributed by atoms with E-state index in [4.69, 9.17) is 0 Å². The van der Waals surface area contributed by atoms with E-state index in [1.807, 2.05) is 36.9 Å². The van der Waals surface area contributed by atoms with E-state index in [9.17, 15) is 5.11 Å². The molecule has 0 aliphatic rings.